The maximum absolute atomic E-state index is 12.1. The maximum atomic E-state index is 12.1. The topological polar surface area (TPSA) is 108 Å². The number of hydrogen-bond donors (Lipinski definition) is 3. The van der Waals surface area contributed by atoms with Crippen molar-refractivity contribution >= 4 is 23.1 Å². The molecule has 163 valence electrons. The summed E-state index contributed by atoms with van der Waals surface area (Å²) in [5.41, 5.74) is 0. The zero-order valence-electron chi connectivity index (χ0n) is 18.0. The van der Waals surface area contributed by atoms with Crippen LogP contribution in [0.3, 0.4) is 0 Å². The number of Topliss-reactive ketones (excluding diaryl/α,β-unsaturated/α-hetero) is 4. The van der Waals surface area contributed by atoms with Gasteiger partial charge >= 0.3 is 186 Å². The van der Waals surface area contributed by atoms with Crippen molar-refractivity contribution in [2.75, 3.05) is 26.2 Å². The van der Waals surface area contributed by atoms with Crippen molar-refractivity contribution in [3.05, 3.63) is 0 Å². The van der Waals surface area contributed by atoms with E-state index in [2.05, 4.69) is 16.0 Å². The molecule has 1 rings (SSSR count). The molecular weight excluding hydrogens is 408 g/mol. The Morgan fingerprint density at radius 3 is 1.41 bits per heavy atom. The predicted octanol–water partition coefficient (Wildman–Crippen LogP) is -0.0766. The van der Waals surface area contributed by atoms with Crippen molar-refractivity contribution in [1.82, 2.24) is 19.3 Å². The molecule has 0 aromatic heterocycles. The molecule has 29 heavy (non-hydrogen) atoms. The van der Waals surface area contributed by atoms with E-state index in [0.29, 0.717) is 51.9 Å². The molecule has 0 radical (unpaired) electrons. The van der Waals surface area contributed by atoms with Crippen molar-refractivity contribution in [2.24, 2.45) is 0 Å². The van der Waals surface area contributed by atoms with Gasteiger partial charge in [-0.05, 0) is 0 Å². The van der Waals surface area contributed by atoms with Crippen molar-refractivity contribution in [1.29, 1.82) is 0 Å². The second-order valence-electron chi connectivity index (χ2n) is 7.83. The van der Waals surface area contributed by atoms with Gasteiger partial charge in [-0.1, -0.05) is 0 Å². The van der Waals surface area contributed by atoms with Gasteiger partial charge in [0.1, 0.15) is 0 Å². The second-order valence-corrected chi connectivity index (χ2v) is 8.72. The average molecular weight is 443 g/mol. The first-order chi connectivity index (χ1) is 13.6. The van der Waals surface area contributed by atoms with Gasteiger partial charge in [-0.15, -0.1) is 0 Å². The van der Waals surface area contributed by atoms with Gasteiger partial charge in [-0.3, -0.25) is 0 Å². The first-order valence-corrected chi connectivity index (χ1v) is 11.0. The summed E-state index contributed by atoms with van der Waals surface area (Å²) >= 11 is 1.89. The van der Waals surface area contributed by atoms with Crippen LogP contribution in [0, 0.1) is 0 Å². The summed E-state index contributed by atoms with van der Waals surface area (Å²) in [5, 5.41) is 9.75. The third-order valence-corrected chi connectivity index (χ3v) is 6.27. The summed E-state index contributed by atoms with van der Waals surface area (Å²) in [6.07, 6.45) is 2.33. The van der Waals surface area contributed by atoms with E-state index in [1.165, 1.54) is 0 Å². The minimum absolute atomic E-state index is 0.0451. The number of hydrogen-bond acceptors (Lipinski definition) is 8. The van der Waals surface area contributed by atoms with Crippen LogP contribution in [-0.2, 0) is 39.9 Å². The van der Waals surface area contributed by atoms with Gasteiger partial charge in [0, 0.05) is 0 Å². The number of nitrogens with zero attached hydrogens (tertiary/aromatic N) is 1. The third kappa shape index (κ3) is 9.72. The molecular formula is C20H35N4O4Ti. The van der Waals surface area contributed by atoms with E-state index in [-0.39, 0.29) is 47.3 Å². The van der Waals surface area contributed by atoms with E-state index >= 15 is 0 Å². The summed E-state index contributed by atoms with van der Waals surface area (Å²) in [6.45, 7) is 8.47. The summed E-state index contributed by atoms with van der Waals surface area (Å²) in [5.74, 6) is 0.222. The molecule has 9 heteroatoms. The molecule has 1 fully saturated rings. The zero-order valence-corrected chi connectivity index (χ0v) is 19.6. The summed E-state index contributed by atoms with van der Waals surface area (Å²) < 4.78 is 1.98. The van der Waals surface area contributed by atoms with E-state index in [0.717, 1.165) is 0 Å². The van der Waals surface area contributed by atoms with Crippen molar-refractivity contribution in [3.8, 4) is 0 Å². The van der Waals surface area contributed by atoms with Crippen molar-refractivity contribution < 1.29 is 39.9 Å². The van der Waals surface area contributed by atoms with Crippen LogP contribution in [0.4, 0.5) is 0 Å². The van der Waals surface area contributed by atoms with Gasteiger partial charge in [-0.2, -0.15) is 0 Å². The fourth-order valence-corrected chi connectivity index (χ4v) is 4.23. The van der Waals surface area contributed by atoms with Gasteiger partial charge < -0.3 is 0 Å². The van der Waals surface area contributed by atoms with Gasteiger partial charge in [0.25, 0.3) is 0 Å². The quantitative estimate of drug-likeness (QED) is 0.519. The number of carbonyl (C=O) groups excluding carboxylic acids is 4. The van der Waals surface area contributed by atoms with Crippen molar-refractivity contribution in [3.63, 3.8) is 0 Å². The molecule has 1 saturated heterocycles. The van der Waals surface area contributed by atoms with Gasteiger partial charge in [-0.25, -0.2) is 0 Å². The first kappa shape index (κ1) is 26.3. The Bertz CT molecular complexity index is 587. The van der Waals surface area contributed by atoms with Crippen LogP contribution >= 0.6 is 0 Å². The van der Waals surface area contributed by atoms with Crippen LogP contribution in [-0.4, -0.2) is 76.9 Å². The van der Waals surface area contributed by atoms with Gasteiger partial charge in [0.05, 0.1) is 0 Å². The Balaban J connectivity index is 2.91. The molecule has 0 saturated carbocycles. The predicted molar refractivity (Wildman–Crippen MR) is 107 cm³/mol. The van der Waals surface area contributed by atoms with Crippen molar-refractivity contribution in [2.45, 2.75) is 77.5 Å². The Kier molecular flexibility index (Phi) is 12.2. The summed E-state index contributed by atoms with van der Waals surface area (Å²) in [7, 11) is 0. The number of ketones is 4. The van der Waals surface area contributed by atoms with E-state index in [1.807, 2.05) is 24.1 Å². The second kappa shape index (κ2) is 13.5. The van der Waals surface area contributed by atoms with Crippen LogP contribution in [0.2, 0.25) is 0 Å². The molecule has 0 amide bonds. The molecule has 1 aliphatic rings. The van der Waals surface area contributed by atoms with Crippen LogP contribution in [0.25, 0.3) is 0 Å². The molecule has 0 aliphatic carbocycles. The Morgan fingerprint density at radius 1 is 0.655 bits per heavy atom. The molecule has 1 aliphatic heterocycles. The normalized spacial score (nSPS) is 29.1. The third-order valence-electron chi connectivity index (χ3n) is 5.43. The van der Waals surface area contributed by atoms with Crippen LogP contribution in [0.5, 0.6) is 0 Å². The fourth-order valence-electron chi connectivity index (χ4n) is 3.55. The summed E-state index contributed by atoms with van der Waals surface area (Å²) in [6, 6.07) is -1.16. The molecule has 1 heterocycles. The van der Waals surface area contributed by atoms with E-state index in [1.54, 1.807) is 27.7 Å². The van der Waals surface area contributed by atoms with Crippen LogP contribution < -0.4 is 16.0 Å². The monoisotopic (exact) mass is 443 g/mol. The van der Waals surface area contributed by atoms with E-state index in [9.17, 15) is 19.2 Å². The fraction of sp³-hybridized carbons (Fsp3) is 0.800. The Hall–Kier alpha value is -0.766. The van der Waals surface area contributed by atoms with Crippen LogP contribution in [0.15, 0.2) is 0 Å². The summed E-state index contributed by atoms with van der Waals surface area (Å²) in [4.78, 5) is 48.0. The molecule has 4 unspecified atom stereocenters. The number of rotatable bonds is 4. The minimum atomic E-state index is -0.305. The molecule has 0 spiro atoms. The SMILES string of the molecule is CC(=O)C1CCNC(C(C)=O)CC[N]([Ti])C(C(C)=O)CCNC(C(C)=O)CCN1. The Morgan fingerprint density at radius 2 is 1.03 bits per heavy atom. The van der Waals surface area contributed by atoms with E-state index in [4.69, 9.17) is 0 Å². The van der Waals surface area contributed by atoms with Crippen LogP contribution in [0.1, 0.15) is 53.4 Å². The Labute approximate surface area is 186 Å². The van der Waals surface area contributed by atoms with Gasteiger partial charge in [0.15, 0.2) is 0 Å². The number of carbonyl (C=O) groups is 4. The first-order valence-electron chi connectivity index (χ1n) is 10.3. The molecule has 3 N–H and O–H groups in total. The molecule has 4 atom stereocenters. The molecule has 8 nitrogen and oxygen atoms in total. The van der Waals surface area contributed by atoms with E-state index < -0.39 is 0 Å². The molecule has 0 bridgehead atoms. The number of nitrogens with one attached hydrogen (secondary N) is 3. The molecule has 0 aromatic rings. The standard InChI is InChI=1S/C20H35N4O4.Ti/c1-13(25)17-5-9-22-19(15(3)27)7-11-24-20(16(4)28)8-12-23-18(14(2)26)6-10-21-17;/h17-23H,5-12H2,1-4H3;/q-1;+1. The van der Waals surface area contributed by atoms with Gasteiger partial charge in [0.2, 0.25) is 0 Å². The zero-order chi connectivity index (χ0) is 22.0. The average Bonchev–Trinajstić information content (AvgIpc) is 2.62. The molecule has 0 aromatic carbocycles.